The largest absolute Gasteiger partial charge is 0.435 e. The zero-order chi connectivity index (χ0) is 21.3. The predicted molar refractivity (Wildman–Crippen MR) is 107 cm³/mol. The van der Waals surface area contributed by atoms with E-state index in [-0.39, 0.29) is 23.8 Å². The summed E-state index contributed by atoms with van der Waals surface area (Å²) in [5, 5.41) is 16.5. The summed E-state index contributed by atoms with van der Waals surface area (Å²) in [7, 11) is -2.89. The highest BCUT2D eigenvalue weighted by atomic mass is 32.2. The lowest BCUT2D eigenvalue weighted by Gasteiger charge is -2.26. The molecule has 1 aromatic rings. The standard InChI is InChI=1S/C18H28F2N4O4S/c1-2-21-18(22-7-8-24-9-11-29(26,27)12-10-24)23-13-16(25)14-3-5-15(6-4-14)28-17(19)20/h3-6,16-17,25H,2,7-13H2,1H3,(H2,21,22,23). The normalized spacial score (nSPS) is 18.4. The Hall–Kier alpha value is -1.98. The van der Waals surface area contributed by atoms with Crippen LogP contribution < -0.4 is 15.4 Å². The lowest BCUT2D eigenvalue weighted by atomic mass is 10.1. The summed E-state index contributed by atoms with van der Waals surface area (Å²) in [6.07, 6.45) is -0.890. The summed E-state index contributed by atoms with van der Waals surface area (Å²) in [5.74, 6) is 0.942. The molecule has 0 amide bonds. The van der Waals surface area contributed by atoms with Crippen molar-refractivity contribution in [3.8, 4) is 5.75 Å². The molecule has 29 heavy (non-hydrogen) atoms. The second-order valence-electron chi connectivity index (χ2n) is 6.60. The van der Waals surface area contributed by atoms with Gasteiger partial charge in [-0.15, -0.1) is 0 Å². The van der Waals surface area contributed by atoms with Crippen LogP contribution in [0.3, 0.4) is 0 Å². The minimum absolute atomic E-state index is 0.0277. The molecule has 1 atom stereocenters. The van der Waals surface area contributed by atoms with Gasteiger partial charge in [-0.2, -0.15) is 8.78 Å². The quantitative estimate of drug-likeness (QED) is 0.386. The summed E-state index contributed by atoms with van der Waals surface area (Å²) < 4.78 is 51.6. The van der Waals surface area contributed by atoms with E-state index in [9.17, 15) is 22.3 Å². The number of alkyl halides is 2. The average molecular weight is 435 g/mol. The van der Waals surface area contributed by atoms with E-state index in [1.165, 1.54) is 24.3 Å². The number of ether oxygens (including phenoxy) is 1. The van der Waals surface area contributed by atoms with E-state index in [1.54, 1.807) is 0 Å². The molecule has 1 unspecified atom stereocenters. The third-order valence-electron chi connectivity index (χ3n) is 4.41. The molecular weight excluding hydrogens is 406 g/mol. The zero-order valence-electron chi connectivity index (χ0n) is 16.4. The number of nitrogens with one attached hydrogen (secondary N) is 2. The van der Waals surface area contributed by atoms with Crippen molar-refractivity contribution in [1.82, 2.24) is 15.5 Å². The molecule has 0 radical (unpaired) electrons. The number of nitrogens with zero attached hydrogens (tertiary/aromatic N) is 2. The van der Waals surface area contributed by atoms with Gasteiger partial charge in [0.15, 0.2) is 15.8 Å². The van der Waals surface area contributed by atoms with E-state index in [0.717, 1.165) is 0 Å². The van der Waals surface area contributed by atoms with Crippen LogP contribution in [0.25, 0.3) is 0 Å². The molecular formula is C18H28F2N4O4S. The summed E-state index contributed by atoms with van der Waals surface area (Å²) in [4.78, 5) is 6.42. The molecule has 0 aliphatic carbocycles. The molecule has 164 valence electrons. The highest BCUT2D eigenvalue weighted by molar-refractivity contribution is 7.91. The smallest absolute Gasteiger partial charge is 0.387 e. The predicted octanol–water partition coefficient (Wildman–Crippen LogP) is 0.607. The minimum Gasteiger partial charge on any atom is -0.435 e. The highest BCUT2D eigenvalue weighted by Crippen LogP contribution is 2.19. The second-order valence-corrected chi connectivity index (χ2v) is 8.91. The van der Waals surface area contributed by atoms with Gasteiger partial charge in [0.2, 0.25) is 0 Å². The summed E-state index contributed by atoms with van der Waals surface area (Å²) in [5.41, 5.74) is 0.542. The lowest BCUT2D eigenvalue weighted by Crippen LogP contribution is -2.46. The Bertz CT molecular complexity index is 746. The van der Waals surface area contributed by atoms with Gasteiger partial charge in [-0.05, 0) is 24.6 Å². The van der Waals surface area contributed by atoms with E-state index in [2.05, 4.69) is 25.3 Å². The van der Waals surface area contributed by atoms with E-state index >= 15 is 0 Å². The van der Waals surface area contributed by atoms with Gasteiger partial charge >= 0.3 is 6.61 Å². The Kier molecular flexibility index (Phi) is 9.05. The van der Waals surface area contributed by atoms with Crippen molar-refractivity contribution in [2.75, 3.05) is 50.8 Å². The number of hydrogen-bond donors (Lipinski definition) is 3. The summed E-state index contributed by atoms with van der Waals surface area (Å²) >= 11 is 0. The topological polar surface area (TPSA) is 103 Å². The molecule has 1 aliphatic rings. The van der Waals surface area contributed by atoms with Crippen molar-refractivity contribution < 1.29 is 27.0 Å². The van der Waals surface area contributed by atoms with Crippen LogP contribution in [0.15, 0.2) is 29.3 Å². The number of guanidine groups is 1. The van der Waals surface area contributed by atoms with Crippen molar-refractivity contribution >= 4 is 15.8 Å². The molecule has 11 heteroatoms. The van der Waals surface area contributed by atoms with Crippen molar-refractivity contribution in [2.24, 2.45) is 4.99 Å². The van der Waals surface area contributed by atoms with Crippen molar-refractivity contribution in [1.29, 1.82) is 0 Å². The van der Waals surface area contributed by atoms with Crippen LogP contribution in [0.5, 0.6) is 5.75 Å². The maximum Gasteiger partial charge on any atom is 0.387 e. The van der Waals surface area contributed by atoms with Crippen molar-refractivity contribution in [3.63, 3.8) is 0 Å². The number of benzene rings is 1. The van der Waals surface area contributed by atoms with Crippen LogP contribution in [-0.4, -0.2) is 81.8 Å². The number of aliphatic hydroxyl groups excluding tert-OH is 1. The Morgan fingerprint density at radius 3 is 2.48 bits per heavy atom. The van der Waals surface area contributed by atoms with Crippen LogP contribution >= 0.6 is 0 Å². The van der Waals surface area contributed by atoms with Crippen LogP contribution in [-0.2, 0) is 9.84 Å². The van der Waals surface area contributed by atoms with E-state index in [4.69, 9.17) is 0 Å². The lowest BCUT2D eigenvalue weighted by molar-refractivity contribution is -0.0498. The highest BCUT2D eigenvalue weighted by Gasteiger charge is 2.21. The van der Waals surface area contributed by atoms with Crippen LogP contribution in [0.2, 0.25) is 0 Å². The molecule has 0 spiro atoms. The van der Waals surface area contributed by atoms with Gasteiger partial charge in [0.1, 0.15) is 5.75 Å². The number of hydrogen-bond acceptors (Lipinski definition) is 6. The van der Waals surface area contributed by atoms with Crippen LogP contribution in [0, 0.1) is 0 Å². The third kappa shape index (κ3) is 8.50. The molecule has 1 saturated heterocycles. The first-order chi connectivity index (χ1) is 13.8. The second kappa shape index (κ2) is 11.3. The fourth-order valence-electron chi connectivity index (χ4n) is 2.80. The van der Waals surface area contributed by atoms with Crippen molar-refractivity contribution in [2.45, 2.75) is 19.6 Å². The van der Waals surface area contributed by atoms with Crippen molar-refractivity contribution in [3.05, 3.63) is 29.8 Å². The number of aliphatic imine (C=N–C) groups is 1. The Morgan fingerprint density at radius 2 is 1.90 bits per heavy atom. The first-order valence-electron chi connectivity index (χ1n) is 9.47. The van der Waals surface area contributed by atoms with E-state index in [1.807, 2.05) is 6.92 Å². The molecule has 1 aliphatic heterocycles. The Labute approximate surface area is 169 Å². The van der Waals surface area contributed by atoms with Gasteiger partial charge in [0, 0.05) is 32.7 Å². The van der Waals surface area contributed by atoms with Crippen LogP contribution in [0.1, 0.15) is 18.6 Å². The molecule has 2 rings (SSSR count). The Morgan fingerprint density at radius 1 is 1.24 bits per heavy atom. The zero-order valence-corrected chi connectivity index (χ0v) is 17.2. The number of sulfone groups is 1. The maximum absolute atomic E-state index is 12.2. The summed E-state index contributed by atoms with van der Waals surface area (Å²) in [6.45, 7) is 2.10. The molecule has 1 fully saturated rings. The fourth-order valence-corrected chi connectivity index (χ4v) is 4.08. The molecule has 8 nitrogen and oxygen atoms in total. The van der Waals surface area contributed by atoms with Gasteiger partial charge < -0.3 is 20.5 Å². The number of rotatable bonds is 9. The van der Waals surface area contributed by atoms with E-state index in [0.29, 0.717) is 44.2 Å². The first-order valence-corrected chi connectivity index (χ1v) is 11.3. The average Bonchev–Trinajstić information content (AvgIpc) is 2.67. The van der Waals surface area contributed by atoms with E-state index < -0.39 is 22.6 Å². The SMILES string of the molecule is CCNC(=NCC(O)c1ccc(OC(F)F)cc1)NCCN1CCS(=O)(=O)CC1. The molecule has 1 heterocycles. The van der Waals surface area contributed by atoms with Crippen LogP contribution in [0.4, 0.5) is 8.78 Å². The molecule has 0 bridgehead atoms. The van der Waals surface area contributed by atoms with Gasteiger partial charge in [0.25, 0.3) is 0 Å². The molecule has 1 aromatic carbocycles. The van der Waals surface area contributed by atoms with Gasteiger partial charge in [-0.25, -0.2) is 8.42 Å². The molecule has 3 N–H and O–H groups in total. The number of aliphatic hydroxyl groups is 1. The Balaban J connectivity index is 1.81. The van der Waals surface area contributed by atoms with Gasteiger partial charge in [-0.1, -0.05) is 12.1 Å². The van der Waals surface area contributed by atoms with Gasteiger partial charge in [-0.3, -0.25) is 9.89 Å². The van der Waals surface area contributed by atoms with Gasteiger partial charge in [0.05, 0.1) is 24.2 Å². The number of halogens is 2. The fraction of sp³-hybridized carbons (Fsp3) is 0.611. The first kappa shape index (κ1) is 23.3. The minimum atomic E-state index is -2.89. The third-order valence-corrected chi connectivity index (χ3v) is 6.02. The summed E-state index contributed by atoms with van der Waals surface area (Å²) in [6, 6.07) is 5.78. The molecule has 0 aromatic heterocycles. The monoisotopic (exact) mass is 434 g/mol. The maximum atomic E-state index is 12.2. The molecule has 0 saturated carbocycles.